The van der Waals surface area contributed by atoms with Gasteiger partial charge in [-0.15, -0.1) is 0 Å². The maximum atomic E-state index is 12.7. The molecule has 2 aromatic rings. The molecule has 0 aliphatic carbocycles. The van der Waals surface area contributed by atoms with Crippen molar-refractivity contribution in [3.05, 3.63) is 70.5 Å². The number of amides is 1. The van der Waals surface area contributed by atoms with Crippen molar-refractivity contribution < 1.29 is 9.18 Å². The van der Waals surface area contributed by atoms with E-state index < -0.39 is 0 Å². The Bertz CT molecular complexity index is 583. The van der Waals surface area contributed by atoms with Crippen molar-refractivity contribution in [2.24, 2.45) is 0 Å². The molecule has 0 heterocycles. The summed E-state index contributed by atoms with van der Waals surface area (Å²) < 4.78 is 12.7. The minimum Gasteiger partial charge on any atom is -0.355 e. The zero-order valence-electron chi connectivity index (χ0n) is 10.9. The van der Waals surface area contributed by atoms with Crippen molar-refractivity contribution >= 4 is 17.5 Å². The number of halogens is 2. The first-order valence-corrected chi connectivity index (χ1v) is 6.77. The molecule has 104 valence electrons. The van der Waals surface area contributed by atoms with Gasteiger partial charge in [-0.3, -0.25) is 4.79 Å². The first kappa shape index (κ1) is 14.5. The molecule has 2 rings (SSSR count). The summed E-state index contributed by atoms with van der Waals surface area (Å²) in [5, 5.41) is 3.46. The van der Waals surface area contributed by atoms with Crippen LogP contribution in [0.15, 0.2) is 48.5 Å². The number of benzene rings is 2. The lowest BCUT2D eigenvalue weighted by atomic mass is 10.1. The van der Waals surface area contributed by atoms with E-state index in [0.29, 0.717) is 24.4 Å². The van der Waals surface area contributed by atoms with Gasteiger partial charge in [0.1, 0.15) is 5.82 Å². The van der Waals surface area contributed by atoms with Crippen LogP contribution in [0.4, 0.5) is 4.39 Å². The van der Waals surface area contributed by atoms with Gasteiger partial charge < -0.3 is 5.32 Å². The van der Waals surface area contributed by atoms with Crippen LogP contribution in [0.1, 0.15) is 11.1 Å². The summed E-state index contributed by atoms with van der Waals surface area (Å²) in [4.78, 5) is 11.8. The summed E-state index contributed by atoms with van der Waals surface area (Å²) in [6.07, 6.45) is 0.992. The van der Waals surface area contributed by atoms with Crippen LogP contribution in [0, 0.1) is 5.82 Å². The standard InChI is InChI=1S/C16H15ClFNO/c17-14-3-1-2-13(10-14)11-16(20)19-9-8-12-4-6-15(18)7-5-12/h1-7,10H,8-9,11H2,(H,19,20). The molecule has 0 aliphatic heterocycles. The largest absolute Gasteiger partial charge is 0.355 e. The first-order chi connectivity index (χ1) is 9.63. The monoisotopic (exact) mass is 291 g/mol. The molecule has 2 nitrogen and oxygen atoms in total. The fraction of sp³-hybridized carbons (Fsp3) is 0.188. The van der Waals surface area contributed by atoms with E-state index in [1.54, 1.807) is 24.3 Å². The van der Waals surface area contributed by atoms with E-state index >= 15 is 0 Å². The van der Waals surface area contributed by atoms with Gasteiger partial charge in [-0.25, -0.2) is 4.39 Å². The number of hydrogen-bond acceptors (Lipinski definition) is 1. The quantitative estimate of drug-likeness (QED) is 0.899. The highest BCUT2D eigenvalue weighted by atomic mass is 35.5. The van der Waals surface area contributed by atoms with Crippen LogP contribution < -0.4 is 5.32 Å². The van der Waals surface area contributed by atoms with E-state index in [4.69, 9.17) is 11.6 Å². The van der Waals surface area contributed by atoms with E-state index in [1.165, 1.54) is 12.1 Å². The predicted molar refractivity (Wildman–Crippen MR) is 78.3 cm³/mol. The van der Waals surface area contributed by atoms with Crippen molar-refractivity contribution in [2.45, 2.75) is 12.8 Å². The molecule has 0 saturated carbocycles. The third-order valence-electron chi connectivity index (χ3n) is 2.90. The summed E-state index contributed by atoms with van der Waals surface area (Å²) in [7, 11) is 0. The maximum absolute atomic E-state index is 12.7. The summed E-state index contributed by atoms with van der Waals surface area (Å²) in [6.45, 7) is 0.533. The van der Waals surface area contributed by atoms with E-state index in [2.05, 4.69) is 5.32 Å². The molecule has 1 N–H and O–H groups in total. The Hall–Kier alpha value is -1.87. The summed E-state index contributed by atoms with van der Waals surface area (Å²) in [5.41, 5.74) is 1.88. The number of nitrogens with one attached hydrogen (secondary N) is 1. The van der Waals surface area contributed by atoms with Crippen molar-refractivity contribution in [3.63, 3.8) is 0 Å². The molecule has 1 amide bonds. The minimum atomic E-state index is -0.251. The van der Waals surface area contributed by atoms with Gasteiger partial charge in [-0.1, -0.05) is 35.9 Å². The van der Waals surface area contributed by atoms with Crippen LogP contribution in [-0.2, 0) is 17.6 Å². The van der Waals surface area contributed by atoms with Gasteiger partial charge >= 0.3 is 0 Å². The molecule has 0 atom stereocenters. The molecule has 0 aromatic heterocycles. The Morgan fingerprint density at radius 1 is 1.10 bits per heavy atom. The number of rotatable bonds is 5. The predicted octanol–water partition coefficient (Wildman–Crippen LogP) is 3.38. The maximum Gasteiger partial charge on any atom is 0.224 e. The molecule has 20 heavy (non-hydrogen) atoms. The van der Waals surface area contributed by atoms with Gasteiger partial charge in [0.2, 0.25) is 5.91 Å². The molecule has 2 aromatic carbocycles. The van der Waals surface area contributed by atoms with Crippen LogP contribution in [0.5, 0.6) is 0 Å². The van der Waals surface area contributed by atoms with Crippen LogP contribution in [-0.4, -0.2) is 12.5 Å². The molecular formula is C16H15ClFNO. The Balaban J connectivity index is 1.76. The molecule has 0 bridgehead atoms. The molecule has 0 saturated heterocycles. The average Bonchev–Trinajstić information content (AvgIpc) is 2.41. The molecule has 0 radical (unpaired) electrons. The normalized spacial score (nSPS) is 10.3. The molecule has 4 heteroatoms. The van der Waals surface area contributed by atoms with Gasteiger partial charge in [0.05, 0.1) is 6.42 Å². The SMILES string of the molecule is O=C(Cc1cccc(Cl)c1)NCCc1ccc(F)cc1. The minimum absolute atomic E-state index is 0.0469. The first-order valence-electron chi connectivity index (χ1n) is 6.39. The lowest BCUT2D eigenvalue weighted by molar-refractivity contribution is -0.120. The van der Waals surface area contributed by atoms with Crippen LogP contribution in [0.3, 0.4) is 0 Å². The summed E-state index contributed by atoms with van der Waals surface area (Å²) in [6, 6.07) is 13.5. The van der Waals surface area contributed by atoms with Gasteiger partial charge in [0.15, 0.2) is 0 Å². The van der Waals surface area contributed by atoms with E-state index in [1.807, 2.05) is 12.1 Å². The Kier molecular flexibility index (Phi) is 5.13. The van der Waals surface area contributed by atoms with E-state index in [-0.39, 0.29) is 11.7 Å². The van der Waals surface area contributed by atoms with Gasteiger partial charge in [-0.05, 0) is 41.8 Å². The second kappa shape index (κ2) is 7.06. The van der Waals surface area contributed by atoms with Crippen LogP contribution in [0.25, 0.3) is 0 Å². The second-order valence-electron chi connectivity index (χ2n) is 4.53. The third-order valence-corrected chi connectivity index (χ3v) is 3.14. The molecule has 0 fully saturated rings. The highest BCUT2D eigenvalue weighted by molar-refractivity contribution is 6.30. The fourth-order valence-electron chi connectivity index (χ4n) is 1.89. The van der Waals surface area contributed by atoms with Crippen molar-refractivity contribution in [3.8, 4) is 0 Å². The number of carbonyl (C=O) groups is 1. The van der Waals surface area contributed by atoms with Crippen LogP contribution >= 0.6 is 11.6 Å². The highest BCUT2D eigenvalue weighted by Gasteiger charge is 2.03. The second-order valence-corrected chi connectivity index (χ2v) is 4.97. The van der Waals surface area contributed by atoms with Crippen LogP contribution in [0.2, 0.25) is 5.02 Å². The topological polar surface area (TPSA) is 29.1 Å². The zero-order valence-corrected chi connectivity index (χ0v) is 11.7. The average molecular weight is 292 g/mol. The molecule has 0 spiro atoms. The smallest absolute Gasteiger partial charge is 0.224 e. The summed E-state index contributed by atoms with van der Waals surface area (Å²) >= 11 is 5.86. The third kappa shape index (κ3) is 4.67. The van der Waals surface area contributed by atoms with Crippen molar-refractivity contribution in [1.82, 2.24) is 5.32 Å². The lowest BCUT2D eigenvalue weighted by Crippen LogP contribution is -2.27. The molecule has 0 aliphatic rings. The Morgan fingerprint density at radius 2 is 1.85 bits per heavy atom. The molecular weight excluding hydrogens is 277 g/mol. The zero-order chi connectivity index (χ0) is 14.4. The Labute approximate surface area is 122 Å². The fourth-order valence-corrected chi connectivity index (χ4v) is 2.11. The molecule has 0 unspecified atom stereocenters. The number of hydrogen-bond donors (Lipinski definition) is 1. The lowest BCUT2D eigenvalue weighted by Gasteiger charge is -2.06. The van der Waals surface area contributed by atoms with Gasteiger partial charge in [0, 0.05) is 11.6 Å². The number of carbonyl (C=O) groups excluding carboxylic acids is 1. The highest BCUT2D eigenvalue weighted by Crippen LogP contribution is 2.11. The van der Waals surface area contributed by atoms with Crippen molar-refractivity contribution in [2.75, 3.05) is 6.54 Å². The van der Waals surface area contributed by atoms with Crippen molar-refractivity contribution in [1.29, 1.82) is 0 Å². The Morgan fingerprint density at radius 3 is 2.55 bits per heavy atom. The summed E-state index contributed by atoms with van der Waals surface area (Å²) in [5.74, 6) is -0.298. The van der Waals surface area contributed by atoms with Gasteiger partial charge in [-0.2, -0.15) is 0 Å². The van der Waals surface area contributed by atoms with Gasteiger partial charge in [0.25, 0.3) is 0 Å². The van der Waals surface area contributed by atoms with E-state index in [9.17, 15) is 9.18 Å². The van der Waals surface area contributed by atoms with E-state index in [0.717, 1.165) is 11.1 Å².